The number of rotatable bonds is 15. The summed E-state index contributed by atoms with van der Waals surface area (Å²) >= 11 is 1.48. The number of amides is 5. The molecule has 7 N–H and O–H groups in total. The number of carboxylic acids is 1. The number of nitrogens with one attached hydrogen (secondary N) is 4. The fraction of sp³-hybridized carbons (Fsp3) is 0.739. The van der Waals surface area contributed by atoms with Crippen LogP contribution in [0.2, 0.25) is 0 Å². The molecule has 1 rings (SSSR count). The molecule has 13 nitrogen and oxygen atoms in total. The Morgan fingerprint density at radius 3 is 2.32 bits per heavy atom. The lowest BCUT2D eigenvalue weighted by Crippen LogP contribution is -2.57. The first-order valence-electron chi connectivity index (χ1n) is 12.3. The topological polar surface area (TPSA) is 200 Å². The van der Waals surface area contributed by atoms with Crippen molar-refractivity contribution in [2.75, 3.05) is 31.6 Å². The Hall–Kier alpha value is -2.87. The number of carboxylic acid groups (broad SMARTS) is 1. The standard InChI is InChI=1S/C23H40N6O7S/c1-5-13(2)19(24)22(35)25-11-17(30)27-14(3)20(33)28-15(8-10-37-4)23(36)29-9-6-7-16(29)21(34)26-12-18(31)32/h13-16,19H,5-12,24H2,1-4H3,(H,25,35)(H,26,34)(H,27,30)(H,28,33)(H,31,32)/t13-,14-,15-,16-,19-/m0/s1. The number of hydrogen-bond acceptors (Lipinski definition) is 8. The molecule has 210 valence electrons. The summed E-state index contributed by atoms with van der Waals surface area (Å²) in [6.45, 7) is 4.59. The van der Waals surface area contributed by atoms with Gasteiger partial charge in [-0.3, -0.25) is 28.8 Å². The van der Waals surface area contributed by atoms with Gasteiger partial charge in [-0.15, -0.1) is 0 Å². The van der Waals surface area contributed by atoms with Crippen LogP contribution in [0.15, 0.2) is 0 Å². The van der Waals surface area contributed by atoms with Gasteiger partial charge in [-0.05, 0) is 44.1 Å². The van der Waals surface area contributed by atoms with Crippen LogP contribution >= 0.6 is 11.8 Å². The van der Waals surface area contributed by atoms with Gasteiger partial charge in [-0.1, -0.05) is 20.3 Å². The summed E-state index contributed by atoms with van der Waals surface area (Å²) in [5, 5.41) is 18.7. The zero-order valence-corrected chi connectivity index (χ0v) is 22.7. The van der Waals surface area contributed by atoms with E-state index in [1.807, 2.05) is 20.1 Å². The third-order valence-electron chi connectivity index (χ3n) is 6.23. The number of aliphatic carboxylic acids is 1. The van der Waals surface area contributed by atoms with E-state index in [9.17, 15) is 28.8 Å². The van der Waals surface area contributed by atoms with Crippen molar-refractivity contribution in [2.24, 2.45) is 11.7 Å². The third-order valence-corrected chi connectivity index (χ3v) is 6.88. The zero-order chi connectivity index (χ0) is 28.1. The first kappa shape index (κ1) is 32.2. The Bertz CT molecular complexity index is 842. The van der Waals surface area contributed by atoms with Crippen molar-refractivity contribution in [1.82, 2.24) is 26.2 Å². The average Bonchev–Trinajstić information content (AvgIpc) is 3.36. The van der Waals surface area contributed by atoms with E-state index in [1.54, 1.807) is 0 Å². The van der Waals surface area contributed by atoms with Crippen LogP contribution in [0.1, 0.15) is 46.5 Å². The molecule has 0 aromatic heterocycles. The summed E-state index contributed by atoms with van der Waals surface area (Å²) in [6.07, 6.45) is 3.82. The highest BCUT2D eigenvalue weighted by molar-refractivity contribution is 7.98. The minimum absolute atomic E-state index is 0.0537. The Morgan fingerprint density at radius 2 is 1.73 bits per heavy atom. The van der Waals surface area contributed by atoms with Gasteiger partial charge in [0.25, 0.3) is 0 Å². The summed E-state index contributed by atoms with van der Waals surface area (Å²) in [5.41, 5.74) is 5.84. The van der Waals surface area contributed by atoms with Crippen molar-refractivity contribution in [1.29, 1.82) is 0 Å². The summed E-state index contributed by atoms with van der Waals surface area (Å²) < 4.78 is 0. The molecule has 1 saturated heterocycles. The van der Waals surface area contributed by atoms with Gasteiger partial charge in [0, 0.05) is 6.54 Å². The predicted molar refractivity (Wildman–Crippen MR) is 138 cm³/mol. The number of nitrogens with two attached hydrogens (primary N) is 1. The van der Waals surface area contributed by atoms with Crippen molar-refractivity contribution in [3.63, 3.8) is 0 Å². The lowest BCUT2D eigenvalue weighted by molar-refractivity contribution is -0.143. The van der Waals surface area contributed by atoms with Crippen LogP contribution in [0.3, 0.4) is 0 Å². The van der Waals surface area contributed by atoms with E-state index >= 15 is 0 Å². The van der Waals surface area contributed by atoms with Gasteiger partial charge in [0.2, 0.25) is 29.5 Å². The van der Waals surface area contributed by atoms with E-state index in [4.69, 9.17) is 10.8 Å². The molecule has 0 spiro atoms. The first-order valence-corrected chi connectivity index (χ1v) is 13.7. The van der Waals surface area contributed by atoms with Crippen LogP contribution in [0.5, 0.6) is 0 Å². The Labute approximate surface area is 221 Å². The normalized spacial score (nSPS) is 18.2. The Kier molecular flexibility index (Phi) is 14.0. The van der Waals surface area contributed by atoms with Crippen molar-refractivity contribution in [3.8, 4) is 0 Å². The van der Waals surface area contributed by atoms with Gasteiger partial charge < -0.3 is 37.0 Å². The molecule has 1 aliphatic rings. The first-order chi connectivity index (χ1) is 17.4. The van der Waals surface area contributed by atoms with Gasteiger partial charge in [0.15, 0.2) is 0 Å². The maximum Gasteiger partial charge on any atom is 0.322 e. The predicted octanol–water partition coefficient (Wildman–Crippen LogP) is -1.59. The minimum atomic E-state index is -1.19. The van der Waals surface area contributed by atoms with Crippen molar-refractivity contribution < 1.29 is 33.9 Å². The Morgan fingerprint density at radius 1 is 1.05 bits per heavy atom. The molecule has 5 atom stereocenters. The lowest BCUT2D eigenvalue weighted by Gasteiger charge is -2.29. The molecule has 1 heterocycles. The molecule has 0 aromatic carbocycles. The second kappa shape index (κ2) is 16.1. The molecule has 1 aliphatic heterocycles. The second-order valence-corrected chi connectivity index (χ2v) is 10.0. The largest absolute Gasteiger partial charge is 0.480 e. The van der Waals surface area contributed by atoms with E-state index < -0.39 is 66.2 Å². The molecule has 37 heavy (non-hydrogen) atoms. The number of nitrogens with zero attached hydrogens (tertiary/aromatic N) is 1. The Balaban J connectivity index is 2.73. The second-order valence-electron chi connectivity index (χ2n) is 9.06. The maximum absolute atomic E-state index is 13.3. The molecule has 5 amide bonds. The van der Waals surface area contributed by atoms with Crippen molar-refractivity contribution in [2.45, 2.75) is 70.6 Å². The molecular formula is C23H40N6O7S. The molecule has 0 radical (unpaired) electrons. The average molecular weight is 545 g/mol. The molecule has 14 heteroatoms. The number of hydrogen-bond donors (Lipinski definition) is 6. The molecular weight excluding hydrogens is 504 g/mol. The molecule has 1 fully saturated rings. The third kappa shape index (κ3) is 10.6. The lowest BCUT2D eigenvalue weighted by atomic mass is 9.99. The van der Waals surface area contributed by atoms with Gasteiger partial charge in [-0.25, -0.2) is 0 Å². The van der Waals surface area contributed by atoms with Crippen LogP contribution < -0.4 is 27.0 Å². The van der Waals surface area contributed by atoms with Gasteiger partial charge in [-0.2, -0.15) is 11.8 Å². The van der Waals surface area contributed by atoms with Gasteiger partial charge in [0.1, 0.15) is 24.7 Å². The van der Waals surface area contributed by atoms with E-state index in [-0.39, 0.29) is 12.5 Å². The quantitative estimate of drug-likeness (QED) is 0.141. The molecule has 0 aliphatic carbocycles. The van der Waals surface area contributed by atoms with E-state index in [1.165, 1.54) is 23.6 Å². The van der Waals surface area contributed by atoms with Gasteiger partial charge >= 0.3 is 5.97 Å². The molecule has 0 unspecified atom stereocenters. The number of carbonyl (C=O) groups excluding carboxylic acids is 5. The van der Waals surface area contributed by atoms with Crippen molar-refractivity contribution in [3.05, 3.63) is 0 Å². The van der Waals surface area contributed by atoms with E-state index in [0.717, 1.165) is 0 Å². The SMILES string of the molecule is CC[C@H](C)[C@H](N)C(=O)NCC(=O)N[C@@H](C)C(=O)N[C@@H](CCSC)C(=O)N1CCC[C@H]1C(=O)NCC(=O)O. The maximum atomic E-state index is 13.3. The van der Waals surface area contributed by atoms with Crippen LogP contribution in [0.4, 0.5) is 0 Å². The number of thioether (sulfide) groups is 1. The number of likely N-dealkylation sites (tertiary alicyclic amines) is 1. The van der Waals surface area contributed by atoms with Crippen LogP contribution in [0.25, 0.3) is 0 Å². The van der Waals surface area contributed by atoms with E-state index in [0.29, 0.717) is 38.0 Å². The fourth-order valence-corrected chi connectivity index (χ4v) is 4.20. The highest BCUT2D eigenvalue weighted by Crippen LogP contribution is 2.20. The summed E-state index contributed by atoms with van der Waals surface area (Å²) in [7, 11) is 0. The zero-order valence-electron chi connectivity index (χ0n) is 21.9. The highest BCUT2D eigenvalue weighted by Gasteiger charge is 2.38. The monoisotopic (exact) mass is 544 g/mol. The van der Waals surface area contributed by atoms with Crippen LogP contribution in [-0.2, 0) is 28.8 Å². The van der Waals surface area contributed by atoms with Crippen LogP contribution in [-0.4, -0.2) is 101 Å². The van der Waals surface area contributed by atoms with Crippen LogP contribution in [0, 0.1) is 5.92 Å². The smallest absolute Gasteiger partial charge is 0.322 e. The van der Waals surface area contributed by atoms with Crippen molar-refractivity contribution >= 4 is 47.3 Å². The van der Waals surface area contributed by atoms with Gasteiger partial charge in [0.05, 0.1) is 12.6 Å². The highest BCUT2D eigenvalue weighted by atomic mass is 32.2. The summed E-state index contributed by atoms with van der Waals surface area (Å²) in [4.78, 5) is 74.9. The summed E-state index contributed by atoms with van der Waals surface area (Å²) in [6, 6.07) is -3.49. The van der Waals surface area contributed by atoms with E-state index in [2.05, 4.69) is 21.3 Å². The minimum Gasteiger partial charge on any atom is -0.480 e. The molecule has 0 aromatic rings. The molecule has 0 bridgehead atoms. The molecule has 0 saturated carbocycles. The fourth-order valence-electron chi connectivity index (χ4n) is 3.73. The number of carbonyl (C=O) groups is 6. The summed E-state index contributed by atoms with van der Waals surface area (Å²) in [5.74, 6) is -3.33.